The molecule has 0 radical (unpaired) electrons. The average molecular weight is 334 g/mol. The van der Waals surface area contributed by atoms with Gasteiger partial charge in [0.05, 0.1) is 30.0 Å². The molecule has 1 aromatic carbocycles. The average Bonchev–Trinajstić information content (AvgIpc) is 2.47. The first kappa shape index (κ1) is 16.7. The number of hydrogen-bond acceptors (Lipinski definition) is 5. The van der Waals surface area contributed by atoms with Crippen LogP contribution in [-0.4, -0.2) is 62.6 Å². The number of benzene rings is 1. The lowest BCUT2D eigenvalue weighted by Crippen LogP contribution is -2.50. The van der Waals surface area contributed by atoms with Crippen LogP contribution in [0.25, 0.3) is 0 Å². The van der Waals surface area contributed by atoms with Crippen LogP contribution in [0, 0.1) is 0 Å². The molecule has 1 fully saturated rings. The number of rotatable bonds is 5. The molecule has 118 valence electrons. The normalized spacial score (nSPS) is 24.1. The van der Waals surface area contributed by atoms with E-state index in [4.69, 9.17) is 21.4 Å². The lowest BCUT2D eigenvalue weighted by atomic mass is 10.2. The first-order valence-corrected chi connectivity index (χ1v) is 8.90. The van der Waals surface area contributed by atoms with Gasteiger partial charge >= 0.3 is 0 Å². The number of halogens is 1. The third kappa shape index (κ3) is 4.40. The summed E-state index contributed by atoms with van der Waals surface area (Å²) in [6.07, 6.45) is -0.237. The molecule has 0 bridgehead atoms. The lowest BCUT2D eigenvalue weighted by Gasteiger charge is -2.37. The van der Waals surface area contributed by atoms with E-state index in [9.17, 15) is 8.42 Å². The number of sulfone groups is 1. The molecule has 1 heterocycles. The van der Waals surface area contributed by atoms with Gasteiger partial charge in [0.25, 0.3) is 0 Å². The van der Waals surface area contributed by atoms with Gasteiger partial charge in [0, 0.05) is 24.2 Å². The molecule has 1 aromatic rings. The van der Waals surface area contributed by atoms with Crippen molar-refractivity contribution in [2.24, 2.45) is 0 Å². The van der Waals surface area contributed by atoms with Crippen molar-refractivity contribution in [3.63, 3.8) is 0 Å². The zero-order chi connectivity index (χ0) is 15.5. The molecule has 1 aliphatic heterocycles. The minimum absolute atomic E-state index is 0.0388. The number of nitrogens with zero attached hydrogens (tertiary/aromatic N) is 1. The largest absolute Gasteiger partial charge is 0.394 e. The molecule has 0 spiro atoms. The van der Waals surface area contributed by atoms with Crippen LogP contribution in [0.4, 0.5) is 0 Å². The van der Waals surface area contributed by atoms with Crippen molar-refractivity contribution >= 4 is 21.4 Å². The van der Waals surface area contributed by atoms with E-state index in [1.165, 1.54) is 12.1 Å². The number of aliphatic hydroxyl groups excluding tert-OH is 1. The Morgan fingerprint density at radius 3 is 2.67 bits per heavy atom. The van der Waals surface area contributed by atoms with Gasteiger partial charge in [-0.05, 0) is 31.2 Å². The second-order valence-corrected chi connectivity index (χ2v) is 7.80. The highest BCUT2D eigenvalue weighted by Gasteiger charge is 2.27. The van der Waals surface area contributed by atoms with Gasteiger partial charge in [-0.1, -0.05) is 11.6 Å². The Balaban J connectivity index is 1.99. The van der Waals surface area contributed by atoms with Crippen LogP contribution in [-0.2, 0) is 14.6 Å². The molecule has 2 unspecified atom stereocenters. The fourth-order valence-electron chi connectivity index (χ4n) is 2.29. The van der Waals surface area contributed by atoms with Crippen LogP contribution < -0.4 is 0 Å². The topological polar surface area (TPSA) is 66.8 Å². The molecule has 7 heteroatoms. The van der Waals surface area contributed by atoms with Crippen molar-refractivity contribution in [1.29, 1.82) is 0 Å². The molecule has 21 heavy (non-hydrogen) atoms. The smallest absolute Gasteiger partial charge is 0.179 e. The molecule has 0 aromatic heterocycles. The molecular weight excluding hydrogens is 314 g/mol. The van der Waals surface area contributed by atoms with E-state index in [2.05, 4.69) is 0 Å². The Morgan fingerprint density at radius 1 is 1.38 bits per heavy atom. The fourth-order valence-corrected chi connectivity index (χ4v) is 3.68. The Morgan fingerprint density at radius 2 is 2.05 bits per heavy atom. The van der Waals surface area contributed by atoms with Crippen LogP contribution in [0.3, 0.4) is 0 Å². The molecule has 0 amide bonds. The number of ether oxygens (including phenoxy) is 1. The highest BCUT2D eigenvalue weighted by atomic mass is 35.5. The first-order valence-electron chi connectivity index (χ1n) is 6.87. The summed E-state index contributed by atoms with van der Waals surface area (Å²) in [6, 6.07) is 6.35. The Hall–Kier alpha value is -0.660. The third-order valence-corrected chi connectivity index (χ3v) is 5.62. The Bertz CT molecular complexity index is 561. The van der Waals surface area contributed by atoms with Crippen molar-refractivity contribution in [3.05, 3.63) is 29.3 Å². The van der Waals surface area contributed by atoms with Crippen molar-refractivity contribution in [2.75, 3.05) is 32.1 Å². The highest BCUT2D eigenvalue weighted by Crippen LogP contribution is 2.17. The summed E-state index contributed by atoms with van der Waals surface area (Å²) in [5, 5.41) is 9.66. The van der Waals surface area contributed by atoms with E-state index in [-0.39, 0.29) is 29.4 Å². The number of aliphatic hydroxyl groups is 1. The standard InChI is InChI=1S/C14H20ClNO4S/c1-11-10-20-13(9-17)8-16(11)6-7-21(18,19)14-4-2-12(15)3-5-14/h2-5,11,13,17H,6-10H2,1H3. The molecule has 1 saturated heterocycles. The highest BCUT2D eigenvalue weighted by molar-refractivity contribution is 7.91. The monoisotopic (exact) mass is 333 g/mol. The molecule has 1 aliphatic rings. The van der Waals surface area contributed by atoms with Gasteiger partial charge in [-0.3, -0.25) is 4.90 Å². The van der Waals surface area contributed by atoms with Gasteiger partial charge in [0.1, 0.15) is 0 Å². The summed E-state index contributed by atoms with van der Waals surface area (Å²) in [4.78, 5) is 2.32. The van der Waals surface area contributed by atoms with E-state index in [1.54, 1.807) is 12.1 Å². The fraction of sp³-hybridized carbons (Fsp3) is 0.571. The summed E-state index contributed by atoms with van der Waals surface area (Å²) in [5.41, 5.74) is 0. The molecule has 0 aliphatic carbocycles. The predicted octanol–water partition coefficient (Wildman–Crippen LogP) is 1.20. The van der Waals surface area contributed by atoms with Crippen LogP contribution in [0.15, 0.2) is 29.2 Å². The summed E-state index contributed by atoms with van der Waals surface area (Å²) in [7, 11) is -3.33. The second kappa shape index (κ2) is 7.07. The van der Waals surface area contributed by atoms with Crippen molar-refractivity contribution < 1.29 is 18.3 Å². The molecule has 5 nitrogen and oxygen atoms in total. The summed E-state index contributed by atoms with van der Waals surface area (Å²) < 4.78 is 30.0. The Labute approximate surface area is 130 Å². The maximum Gasteiger partial charge on any atom is 0.179 e. The van der Waals surface area contributed by atoms with Gasteiger partial charge in [-0.15, -0.1) is 0 Å². The van der Waals surface area contributed by atoms with Crippen LogP contribution in [0.2, 0.25) is 5.02 Å². The minimum atomic E-state index is -3.33. The van der Waals surface area contributed by atoms with E-state index < -0.39 is 9.84 Å². The van der Waals surface area contributed by atoms with Crippen LogP contribution in [0.1, 0.15) is 6.92 Å². The summed E-state index contributed by atoms with van der Waals surface area (Å²) in [6.45, 7) is 3.42. The van der Waals surface area contributed by atoms with E-state index >= 15 is 0 Å². The van der Waals surface area contributed by atoms with Crippen molar-refractivity contribution in [3.8, 4) is 0 Å². The van der Waals surface area contributed by atoms with Gasteiger partial charge < -0.3 is 9.84 Å². The van der Waals surface area contributed by atoms with Gasteiger partial charge in [-0.2, -0.15) is 0 Å². The molecule has 1 N–H and O–H groups in total. The third-order valence-electron chi connectivity index (χ3n) is 3.66. The van der Waals surface area contributed by atoms with E-state index in [0.717, 1.165) is 0 Å². The minimum Gasteiger partial charge on any atom is -0.394 e. The van der Waals surface area contributed by atoms with Crippen LogP contribution >= 0.6 is 11.6 Å². The predicted molar refractivity (Wildman–Crippen MR) is 81.4 cm³/mol. The molecule has 0 saturated carbocycles. The van der Waals surface area contributed by atoms with E-state index in [0.29, 0.717) is 24.7 Å². The van der Waals surface area contributed by atoms with Gasteiger partial charge in [-0.25, -0.2) is 8.42 Å². The van der Waals surface area contributed by atoms with Crippen molar-refractivity contribution in [1.82, 2.24) is 4.90 Å². The quantitative estimate of drug-likeness (QED) is 0.877. The Kier molecular flexibility index (Phi) is 5.62. The zero-order valence-electron chi connectivity index (χ0n) is 11.9. The second-order valence-electron chi connectivity index (χ2n) is 5.25. The summed E-state index contributed by atoms with van der Waals surface area (Å²) >= 11 is 5.77. The molecule has 2 rings (SSSR count). The zero-order valence-corrected chi connectivity index (χ0v) is 13.5. The van der Waals surface area contributed by atoms with Crippen molar-refractivity contribution in [2.45, 2.75) is 24.0 Å². The maximum absolute atomic E-state index is 12.3. The molecular formula is C14H20ClNO4S. The maximum atomic E-state index is 12.3. The van der Waals surface area contributed by atoms with E-state index in [1.807, 2.05) is 11.8 Å². The summed E-state index contributed by atoms with van der Waals surface area (Å²) in [5.74, 6) is 0.0388. The first-order chi connectivity index (χ1) is 9.92. The van der Waals surface area contributed by atoms with Gasteiger partial charge in [0.15, 0.2) is 9.84 Å². The lowest BCUT2D eigenvalue weighted by molar-refractivity contribution is -0.0758. The SMILES string of the molecule is CC1COC(CO)CN1CCS(=O)(=O)c1ccc(Cl)cc1. The van der Waals surface area contributed by atoms with Crippen LogP contribution in [0.5, 0.6) is 0 Å². The number of morpholine rings is 1. The van der Waals surface area contributed by atoms with Gasteiger partial charge in [0.2, 0.25) is 0 Å². The number of hydrogen-bond donors (Lipinski definition) is 1. The molecule has 2 atom stereocenters.